The van der Waals surface area contributed by atoms with Crippen LogP contribution in [0.25, 0.3) is 0 Å². The molecular weight excluding hydrogens is 404 g/mol. The van der Waals surface area contributed by atoms with E-state index in [-0.39, 0.29) is 47.4 Å². The lowest BCUT2D eigenvalue weighted by molar-refractivity contribution is -0.219. The first-order valence-corrected chi connectivity index (χ1v) is 13.4. The zero-order valence-corrected chi connectivity index (χ0v) is 20.7. The van der Waals surface area contributed by atoms with Crippen LogP contribution in [0.5, 0.6) is 0 Å². The van der Waals surface area contributed by atoms with Gasteiger partial charge < -0.3 is 25.5 Å². The maximum absolute atomic E-state index is 11.6. The van der Waals surface area contributed by atoms with Gasteiger partial charge in [0.1, 0.15) is 0 Å². The highest BCUT2D eigenvalue weighted by Gasteiger charge is 2.66. The standard InChI is InChI=1S/C27H48O5/c1-15(14-28)6-5-7-16(2)18-8-9-19-25-20(12-24(32)27(18,19)4)26(3)13-23(31)21(29)10-17(26)11-22(25)30/h15-25,28-32H,5-14H2,1-4H3/t15?,16-,17+,18-,19+,20+,21+,22-,23+,24+,25+,26+,27-/m1/s1. The molecule has 0 aromatic heterocycles. The van der Waals surface area contributed by atoms with Gasteiger partial charge in [-0.25, -0.2) is 0 Å². The Morgan fingerprint density at radius 3 is 2.22 bits per heavy atom. The molecule has 186 valence electrons. The van der Waals surface area contributed by atoms with Gasteiger partial charge in [-0.1, -0.05) is 40.5 Å². The van der Waals surface area contributed by atoms with Crippen molar-refractivity contribution in [2.24, 2.45) is 52.3 Å². The Bertz CT molecular complexity index is 656. The van der Waals surface area contributed by atoms with Crippen molar-refractivity contribution in [3.05, 3.63) is 0 Å². The van der Waals surface area contributed by atoms with Crippen LogP contribution in [0.15, 0.2) is 0 Å². The molecule has 5 heteroatoms. The van der Waals surface area contributed by atoms with Crippen LogP contribution >= 0.6 is 0 Å². The second-order valence-electron chi connectivity index (χ2n) is 12.9. The van der Waals surface area contributed by atoms with Crippen molar-refractivity contribution in [2.75, 3.05) is 6.61 Å². The maximum atomic E-state index is 11.6. The summed E-state index contributed by atoms with van der Waals surface area (Å²) < 4.78 is 0. The monoisotopic (exact) mass is 452 g/mol. The maximum Gasteiger partial charge on any atom is 0.0804 e. The highest BCUT2D eigenvalue weighted by atomic mass is 16.3. The first kappa shape index (κ1) is 24.9. The second-order valence-corrected chi connectivity index (χ2v) is 12.9. The molecule has 0 heterocycles. The van der Waals surface area contributed by atoms with Crippen molar-refractivity contribution in [1.29, 1.82) is 0 Å². The molecular formula is C27H48O5. The number of hydrogen-bond donors (Lipinski definition) is 5. The van der Waals surface area contributed by atoms with E-state index >= 15 is 0 Å². The van der Waals surface area contributed by atoms with E-state index in [1.165, 1.54) is 0 Å². The van der Waals surface area contributed by atoms with Gasteiger partial charge in [0.15, 0.2) is 0 Å². The molecule has 0 saturated heterocycles. The van der Waals surface area contributed by atoms with Gasteiger partial charge in [-0.3, -0.25) is 0 Å². The van der Waals surface area contributed by atoms with Crippen molar-refractivity contribution >= 4 is 0 Å². The minimum atomic E-state index is -0.699. The fraction of sp³-hybridized carbons (Fsp3) is 1.00. The summed E-state index contributed by atoms with van der Waals surface area (Å²) >= 11 is 0. The van der Waals surface area contributed by atoms with Gasteiger partial charge in [0.25, 0.3) is 0 Å². The third kappa shape index (κ3) is 3.88. The largest absolute Gasteiger partial charge is 0.396 e. The highest BCUT2D eigenvalue weighted by Crippen LogP contribution is 2.68. The molecule has 4 aliphatic carbocycles. The fourth-order valence-electron chi connectivity index (χ4n) is 9.25. The number of fused-ring (bicyclic) bond motifs is 5. The minimum Gasteiger partial charge on any atom is -0.396 e. The predicted octanol–water partition coefficient (Wildman–Crippen LogP) is 3.35. The molecule has 4 fully saturated rings. The van der Waals surface area contributed by atoms with E-state index in [2.05, 4.69) is 27.7 Å². The van der Waals surface area contributed by atoms with Crippen molar-refractivity contribution in [3.8, 4) is 0 Å². The molecule has 1 unspecified atom stereocenters. The molecule has 13 atom stereocenters. The Balaban J connectivity index is 1.54. The molecule has 0 amide bonds. The minimum absolute atomic E-state index is 0.130. The summed E-state index contributed by atoms with van der Waals surface area (Å²) in [5.74, 6) is 2.24. The molecule has 32 heavy (non-hydrogen) atoms. The lowest BCUT2D eigenvalue weighted by Gasteiger charge is -2.64. The molecule has 5 nitrogen and oxygen atoms in total. The van der Waals surface area contributed by atoms with E-state index in [1.54, 1.807) is 0 Å². The number of rotatable bonds is 6. The van der Waals surface area contributed by atoms with Crippen LogP contribution in [-0.2, 0) is 0 Å². The molecule has 4 aliphatic rings. The lowest BCUT2D eigenvalue weighted by atomic mass is 9.43. The average molecular weight is 453 g/mol. The third-order valence-electron chi connectivity index (χ3n) is 11.2. The molecule has 4 saturated carbocycles. The normalized spacial score (nSPS) is 52.6. The number of hydrogen-bond acceptors (Lipinski definition) is 5. The third-order valence-corrected chi connectivity index (χ3v) is 11.2. The average Bonchev–Trinajstić information content (AvgIpc) is 3.09. The zero-order valence-electron chi connectivity index (χ0n) is 20.7. The Morgan fingerprint density at radius 1 is 0.844 bits per heavy atom. The summed E-state index contributed by atoms with van der Waals surface area (Å²) in [6.07, 6.45) is 5.88. The summed E-state index contributed by atoms with van der Waals surface area (Å²) in [6.45, 7) is 9.24. The van der Waals surface area contributed by atoms with Gasteiger partial charge >= 0.3 is 0 Å². The molecule has 0 aromatic carbocycles. The predicted molar refractivity (Wildman–Crippen MR) is 125 cm³/mol. The Morgan fingerprint density at radius 2 is 1.53 bits per heavy atom. The SMILES string of the molecule is CC(CO)CCC[C@@H](C)[C@H]1CC[C@H]2[C@@H]3[C@H](O)C[C@@H]4C[C@H](O)[C@@H](O)C[C@]4(C)[C@H]3C[C@H](O)[C@]12C. The number of aliphatic hydroxyl groups is 5. The molecule has 0 spiro atoms. The smallest absolute Gasteiger partial charge is 0.0804 e. The zero-order chi connectivity index (χ0) is 23.4. The van der Waals surface area contributed by atoms with Crippen LogP contribution in [0, 0.1) is 52.3 Å². The Kier molecular flexibility index (Phi) is 7.09. The summed E-state index contributed by atoms with van der Waals surface area (Å²) in [6, 6.07) is 0. The van der Waals surface area contributed by atoms with E-state index in [4.69, 9.17) is 0 Å². The molecule has 0 aromatic rings. The molecule has 4 rings (SSSR count). The molecule has 0 radical (unpaired) electrons. The lowest BCUT2D eigenvalue weighted by Crippen LogP contribution is -2.63. The second kappa shape index (κ2) is 9.11. The molecule has 0 aliphatic heterocycles. The first-order valence-electron chi connectivity index (χ1n) is 13.4. The van der Waals surface area contributed by atoms with E-state index < -0.39 is 12.2 Å². The number of aliphatic hydroxyl groups excluding tert-OH is 5. The summed E-state index contributed by atoms with van der Waals surface area (Å²) in [4.78, 5) is 0. The topological polar surface area (TPSA) is 101 Å². The summed E-state index contributed by atoms with van der Waals surface area (Å²) in [5.41, 5.74) is -0.296. The Hall–Kier alpha value is -0.200. The molecule has 0 bridgehead atoms. The van der Waals surface area contributed by atoms with Gasteiger partial charge in [-0.15, -0.1) is 0 Å². The van der Waals surface area contributed by atoms with Crippen LogP contribution in [0.3, 0.4) is 0 Å². The van der Waals surface area contributed by atoms with Crippen molar-refractivity contribution in [2.45, 2.75) is 110 Å². The van der Waals surface area contributed by atoms with Crippen LogP contribution in [-0.4, -0.2) is 56.6 Å². The highest BCUT2D eigenvalue weighted by molar-refractivity contribution is 5.15. The van der Waals surface area contributed by atoms with Crippen molar-refractivity contribution < 1.29 is 25.5 Å². The van der Waals surface area contributed by atoms with E-state index in [1.807, 2.05) is 0 Å². The van der Waals surface area contributed by atoms with Crippen LogP contribution in [0.2, 0.25) is 0 Å². The van der Waals surface area contributed by atoms with E-state index in [0.29, 0.717) is 49.4 Å². The van der Waals surface area contributed by atoms with Gasteiger partial charge in [0.05, 0.1) is 24.4 Å². The van der Waals surface area contributed by atoms with Gasteiger partial charge in [-0.2, -0.15) is 0 Å². The van der Waals surface area contributed by atoms with Gasteiger partial charge in [0, 0.05) is 6.61 Å². The summed E-state index contributed by atoms with van der Waals surface area (Å²) in [7, 11) is 0. The Labute approximate surface area is 194 Å². The van der Waals surface area contributed by atoms with Crippen molar-refractivity contribution in [1.82, 2.24) is 0 Å². The van der Waals surface area contributed by atoms with Crippen LogP contribution < -0.4 is 0 Å². The molecule has 5 N–H and O–H groups in total. The fourth-order valence-corrected chi connectivity index (χ4v) is 9.25. The van der Waals surface area contributed by atoms with Gasteiger partial charge in [-0.05, 0) is 97.2 Å². The van der Waals surface area contributed by atoms with Crippen molar-refractivity contribution in [3.63, 3.8) is 0 Å². The van der Waals surface area contributed by atoms with Crippen LogP contribution in [0.1, 0.15) is 85.5 Å². The van der Waals surface area contributed by atoms with E-state index in [9.17, 15) is 25.5 Å². The van der Waals surface area contributed by atoms with Crippen LogP contribution in [0.4, 0.5) is 0 Å². The summed E-state index contributed by atoms with van der Waals surface area (Å²) in [5, 5.41) is 53.1. The quantitative estimate of drug-likeness (QED) is 0.425. The van der Waals surface area contributed by atoms with Gasteiger partial charge in [0.2, 0.25) is 0 Å². The first-order chi connectivity index (χ1) is 15.0. The van der Waals surface area contributed by atoms with E-state index in [0.717, 1.165) is 32.1 Å².